The summed E-state index contributed by atoms with van der Waals surface area (Å²) in [4.78, 5) is 8.89. The van der Waals surface area contributed by atoms with Gasteiger partial charge in [-0.25, -0.2) is 4.39 Å². The molecule has 0 amide bonds. The summed E-state index contributed by atoms with van der Waals surface area (Å²) in [6.07, 6.45) is 1.81. The fraction of sp³-hybridized carbons (Fsp3) is 0. The number of hydrogen-bond donors (Lipinski definition) is 2. The van der Waals surface area contributed by atoms with Gasteiger partial charge in [-0.15, -0.1) is 12.6 Å². The first kappa shape index (κ1) is 17.3. The predicted octanol–water partition coefficient (Wildman–Crippen LogP) is 6.50. The first-order valence-corrected chi connectivity index (χ1v) is 9.03. The number of nitrogens with zero attached hydrogens (tertiary/aromatic N) is 1. The Morgan fingerprint density at radius 1 is 0.741 bits per heavy atom. The summed E-state index contributed by atoms with van der Waals surface area (Å²) in [6.45, 7) is 0. The second kappa shape index (κ2) is 7.64. The van der Waals surface area contributed by atoms with Crippen LogP contribution in [-0.4, -0.2) is 9.97 Å². The molecule has 0 aliphatic carbocycles. The molecule has 0 saturated carbocycles. The average Bonchev–Trinajstić information content (AvgIpc) is 3.08. The molecule has 132 valence electrons. The number of thiol groups is 1. The second-order valence-corrected chi connectivity index (χ2v) is 6.55. The van der Waals surface area contributed by atoms with Gasteiger partial charge in [-0.3, -0.25) is 4.98 Å². The van der Waals surface area contributed by atoms with E-state index in [0.29, 0.717) is 0 Å². The summed E-state index contributed by atoms with van der Waals surface area (Å²) >= 11 is 4.61. The van der Waals surface area contributed by atoms with Crippen molar-refractivity contribution >= 4 is 34.4 Å². The summed E-state index contributed by atoms with van der Waals surface area (Å²) in [5, 5.41) is 2.44. The summed E-state index contributed by atoms with van der Waals surface area (Å²) in [6, 6.07) is 26.4. The van der Waals surface area contributed by atoms with Gasteiger partial charge < -0.3 is 4.98 Å². The summed E-state index contributed by atoms with van der Waals surface area (Å²) < 4.78 is 11.9. The largest absolute Gasteiger partial charge is 0.354 e. The Morgan fingerprint density at radius 3 is 2.19 bits per heavy atom. The highest BCUT2D eigenvalue weighted by Crippen LogP contribution is 2.36. The Bertz CT molecular complexity index is 1180. The molecule has 5 aromatic rings. The van der Waals surface area contributed by atoms with Crippen molar-refractivity contribution in [3.63, 3.8) is 0 Å². The van der Waals surface area contributed by atoms with Gasteiger partial charge in [0.25, 0.3) is 0 Å². The van der Waals surface area contributed by atoms with E-state index in [4.69, 9.17) is 0 Å². The standard InChI is InChI=1S/C17H12N2S.C6H5F/c20-15-9-8-12-11-5-1-2-6-13(11)19-17(12)16(15)14-7-3-4-10-18-14;7-6-4-2-1-3-5-6/h1-10,19-20H;1-5H. The van der Waals surface area contributed by atoms with Gasteiger partial charge in [0.15, 0.2) is 0 Å². The lowest BCUT2D eigenvalue weighted by Gasteiger charge is -2.06. The number of benzene rings is 3. The molecule has 0 radical (unpaired) electrons. The minimum Gasteiger partial charge on any atom is -0.354 e. The van der Waals surface area contributed by atoms with Gasteiger partial charge in [-0.2, -0.15) is 0 Å². The van der Waals surface area contributed by atoms with Crippen LogP contribution in [0.5, 0.6) is 0 Å². The third-order valence-corrected chi connectivity index (χ3v) is 4.69. The van der Waals surface area contributed by atoms with E-state index < -0.39 is 0 Å². The molecule has 0 aliphatic rings. The van der Waals surface area contributed by atoms with Crippen molar-refractivity contribution in [1.29, 1.82) is 0 Å². The lowest BCUT2D eigenvalue weighted by atomic mass is 10.1. The molecule has 0 saturated heterocycles. The van der Waals surface area contributed by atoms with Crippen LogP contribution in [0.25, 0.3) is 33.1 Å². The van der Waals surface area contributed by atoms with Crippen molar-refractivity contribution in [3.05, 3.63) is 96.9 Å². The molecular formula is C23H17FN2S. The van der Waals surface area contributed by atoms with Gasteiger partial charge in [0.1, 0.15) is 5.82 Å². The number of aromatic amines is 1. The smallest absolute Gasteiger partial charge is 0.123 e. The van der Waals surface area contributed by atoms with Crippen molar-refractivity contribution in [3.8, 4) is 11.3 Å². The fourth-order valence-corrected chi connectivity index (χ4v) is 3.39. The van der Waals surface area contributed by atoms with Gasteiger partial charge in [0.2, 0.25) is 0 Å². The third-order valence-electron chi connectivity index (χ3n) is 4.31. The number of pyridine rings is 1. The van der Waals surface area contributed by atoms with Crippen LogP contribution in [-0.2, 0) is 0 Å². The summed E-state index contributed by atoms with van der Waals surface area (Å²) in [5.41, 5.74) is 4.23. The molecule has 0 aliphatic heterocycles. The van der Waals surface area contributed by atoms with E-state index in [1.807, 2.05) is 36.5 Å². The van der Waals surface area contributed by atoms with E-state index in [1.54, 1.807) is 18.2 Å². The highest BCUT2D eigenvalue weighted by Gasteiger charge is 2.12. The number of hydrogen-bond acceptors (Lipinski definition) is 2. The predicted molar refractivity (Wildman–Crippen MR) is 113 cm³/mol. The van der Waals surface area contributed by atoms with E-state index in [-0.39, 0.29) is 5.82 Å². The zero-order chi connectivity index (χ0) is 18.6. The van der Waals surface area contributed by atoms with Crippen LogP contribution >= 0.6 is 12.6 Å². The fourth-order valence-electron chi connectivity index (χ4n) is 3.09. The van der Waals surface area contributed by atoms with Crippen LogP contribution in [0.15, 0.2) is 96.0 Å². The van der Waals surface area contributed by atoms with Crippen LogP contribution in [0.1, 0.15) is 0 Å². The van der Waals surface area contributed by atoms with Crippen LogP contribution < -0.4 is 0 Å². The van der Waals surface area contributed by atoms with Crippen LogP contribution in [0.4, 0.5) is 4.39 Å². The highest BCUT2D eigenvalue weighted by atomic mass is 32.1. The normalized spacial score (nSPS) is 10.6. The Morgan fingerprint density at radius 2 is 1.48 bits per heavy atom. The molecule has 0 fully saturated rings. The highest BCUT2D eigenvalue weighted by molar-refractivity contribution is 7.80. The van der Waals surface area contributed by atoms with Crippen LogP contribution in [0.2, 0.25) is 0 Å². The zero-order valence-corrected chi connectivity index (χ0v) is 15.3. The molecule has 0 bridgehead atoms. The van der Waals surface area contributed by atoms with E-state index in [9.17, 15) is 4.39 Å². The first-order valence-electron chi connectivity index (χ1n) is 8.58. The number of H-pyrrole nitrogens is 1. The second-order valence-electron chi connectivity index (χ2n) is 6.06. The van der Waals surface area contributed by atoms with Crippen molar-refractivity contribution in [1.82, 2.24) is 9.97 Å². The third kappa shape index (κ3) is 3.57. The number of rotatable bonds is 1. The molecule has 0 spiro atoms. The van der Waals surface area contributed by atoms with Gasteiger partial charge in [0, 0.05) is 32.9 Å². The Labute approximate surface area is 162 Å². The van der Waals surface area contributed by atoms with Gasteiger partial charge in [-0.05, 0) is 36.4 Å². The van der Waals surface area contributed by atoms with Crippen molar-refractivity contribution in [2.75, 3.05) is 0 Å². The van der Waals surface area contributed by atoms with E-state index in [1.165, 1.54) is 22.9 Å². The van der Waals surface area contributed by atoms with Gasteiger partial charge >= 0.3 is 0 Å². The van der Waals surface area contributed by atoms with E-state index in [2.05, 4.69) is 46.9 Å². The Balaban J connectivity index is 0.000000218. The summed E-state index contributed by atoms with van der Waals surface area (Å²) in [5.74, 6) is -0.178. The molecule has 2 aromatic heterocycles. The van der Waals surface area contributed by atoms with Crippen LogP contribution in [0, 0.1) is 5.82 Å². The van der Waals surface area contributed by atoms with Crippen molar-refractivity contribution in [2.45, 2.75) is 4.90 Å². The molecule has 1 N–H and O–H groups in total. The van der Waals surface area contributed by atoms with E-state index in [0.717, 1.165) is 27.2 Å². The lowest BCUT2D eigenvalue weighted by Crippen LogP contribution is -1.86. The van der Waals surface area contributed by atoms with Crippen molar-refractivity contribution in [2.24, 2.45) is 0 Å². The molecule has 0 atom stereocenters. The molecule has 4 heteroatoms. The molecule has 0 unspecified atom stereocenters. The molecule has 3 aromatic carbocycles. The first-order chi connectivity index (χ1) is 13.2. The minimum absolute atomic E-state index is 0.178. The number of aromatic nitrogens is 2. The summed E-state index contributed by atoms with van der Waals surface area (Å²) in [7, 11) is 0. The molecule has 5 rings (SSSR count). The van der Waals surface area contributed by atoms with Gasteiger partial charge in [-0.1, -0.05) is 48.5 Å². The maximum absolute atomic E-state index is 11.9. The van der Waals surface area contributed by atoms with E-state index >= 15 is 0 Å². The van der Waals surface area contributed by atoms with Gasteiger partial charge in [0.05, 0.1) is 11.2 Å². The number of nitrogens with one attached hydrogen (secondary N) is 1. The topological polar surface area (TPSA) is 28.7 Å². The van der Waals surface area contributed by atoms with Crippen molar-refractivity contribution < 1.29 is 4.39 Å². The average molecular weight is 372 g/mol. The maximum Gasteiger partial charge on any atom is 0.123 e. The SMILES string of the molecule is Fc1ccccc1.Sc1ccc2c([nH]c3ccccc32)c1-c1ccccn1. The Hall–Kier alpha value is -3.11. The molecule has 2 nitrogen and oxygen atoms in total. The monoisotopic (exact) mass is 372 g/mol. The Kier molecular flexibility index (Phi) is 4.90. The molecule has 27 heavy (non-hydrogen) atoms. The van der Waals surface area contributed by atoms with Crippen LogP contribution in [0.3, 0.4) is 0 Å². The quantitative estimate of drug-likeness (QED) is 0.323. The maximum atomic E-state index is 11.9. The molecule has 2 heterocycles. The minimum atomic E-state index is -0.178. The molecular weight excluding hydrogens is 355 g/mol. The lowest BCUT2D eigenvalue weighted by molar-refractivity contribution is 0.628. The number of halogens is 1. The zero-order valence-electron chi connectivity index (χ0n) is 14.4. The number of fused-ring (bicyclic) bond motifs is 3. The number of para-hydroxylation sites is 1.